The van der Waals surface area contributed by atoms with Gasteiger partial charge in [-0.3, -0.25) is 0 Å². The smallest absolute Gasteiger partial charge is 0.0655 e. The van der Waals surface area contributed by atoms with Gasteiger partial charge in [0.2, 0.25) is 0 Å². The molecule has 2 aliphatic carbocycles. The second-order valence-corrected chi connectivity index (χ2v) is 6.41. The van der Waals surface area contributed by atoms with Gasteiger partial charge >= 0.3 is 0 Å². The van der Waals surface area contributed by atoms with Gasteiger partial charge in [0.15, 0.2) is 0 Å². The van der Waals surface area contributed by atoms with E-state index in [9.17, 15) is 0 Å². The van der Waals surface area contributed by atoms with Crippen molar-refractivity contribution in [2.75, 3.05) is 19.8 Å². The van der Waals surface area contributed by atoms with Gasteiger partial charge in [-0.1, -0.05) is 13.8 Å². The van der Waals surface area contributed by atoms with Gasteiger partial charge in [0.25, 0.3) is 0 Å². The van der Waals surface area contributed by atoms with Crippen molar-refractivity contribution in [3.8, 4) is 0 Å². The van der Waals surface area contributed by atoms with Crippen LogP contribution in [0.15, 0.2) is 0 Å². The third-order valence-electron chi connectivity index (χ3n) is 4.87. The second-order valence-electron chi connectivity index (χ2n) is 6.41. The van der Waals surface area contributed by atoms with Gasteiger partial charge in [-0.15, -0.1) is 0 Å². The zero-order valence-corrected chi connectivity index (χ0v) is 11.5. The Bertz CT molecular complexity index is 261. The van der Waals surface area contributed by atoms with Crippen molar-refractivity contribution < 1.29 is 9.84 Å². The molecule has 2 atom stereocenters. The monoisotopic (exact) mass is 241 g/mol. The molecule has 0 heterocycles. The Morgan fingerprint density at radius 1 is 1.35 bits per heavy atom. The molecule has 0 amide bonds. The molecule has 0 radical (unpaired) electrons. The van der Waals surface area contributed by atoms with Gasteiger partial charge in [0.05, 0.1) is 6.10 Å². The highest BCUT2D eigenvalue weighted by Gasteiger charge is 2.50. The molecule has 0 aromatic heterocycles. The van der Waals surface area contributed by atoms with E-state index in [0.717, 1.165) is 26.0 Å². The van der Waals surface area contributed by atoms with E-state index in [2.05, 4.69) is 26.1 Å². The molecule has 2 rings (SSSR count). The van der Waals surface area contributed by atoms with E-state index in [1.165, 1.54) is 12.8 Å². The predicted octanol–water partition coefficient (Wildman–Crippen LogP) is 1.94. The minimum absolute atomic E-state index is 0.255. The molecule has 0 bridgehead atoms. The minimum atomic E-state index is 0.255. The number of hydrogen-bond acceptors (Lipinski definition) is 3. The first-order chi connectivity index (χ1) is 8.04. The van der Waals surface area contributed by atoms with Crippen LogP contribution in [0.3, 0.4) is 0 Å². The van der Waals surface area contributed by atoms with Crippen LogP contribution in [-0.4, -0.2) is 37.0 Å². The molecule has 0 aromatic rings. The number of hydrogen-bond donors (Lipinski definition) is 2. The van der Waals surface area contributed by atoms with E-state index in [-0.39, 0.29) is 5.41 Å². The third kappa shape index (κ3) is 2.67. The number of aliphatic hydroxyl groups is 1. The standard InChI is InChI=1S/C14H27NO2/c1-4-17-12-9-11(13(12,2)3)15-10-14(5-6-14)7-8-16/h11-12,15-16H,4-10H2,1-3H3. The minimum Gasteiger partial charge on any atom is -0.396 e. The molecule has 100 valence electrons. The Balaban J connectivity index is 1.74. The number of ether oxygens (including phenoxy) is 1. The highest BCUT2D eigenvalue weighted by molar-refractivity contribution is 5.05. The zero-order chi connectivity index (χ0) is 12.5. The maximum Gasteiger partial charge on any atom is 0.0655 e. The van der Waals surface area contributed by atoms with Crippen molar-refractivity contribution in [1.82, 2.24) is 5.32 Å². The third-order valence-corrected chi connectivity index (χ3v) is 4.87. The Kier molecular flexibility index (Phi) is 3.81. The summed E-state index contributed by atoms with van der Waals surface area (Å²) >= 11 is 0. The SMILES string of the molecule is CCOC1CC(NCC2(CCO)CC2)C1(C)C. The fraction of sp³-hybridized carbons (Fsp3) is 1.00. The molecule has 0 saturated heterocycles. The first kappa shape index (κ1) is 13.3. The lowest BCUT2D eigenvalue weighted by Crippen LogP contribution is -2.61. The normalized spacial score (nSPS) is 33.2. The summed E-state index contributed by atoms with van der Waals surface area (Å²) in [6.07, 6.45) is 5.07. The first-order valence-electron chi connectivity index (χ1n) is 7.00. The Hall–Kier alpha value is -0.120. The molecule has 3 heteroatoms. The van der Waals surface area contributed by atoms with E-state index in [0.29, 0.717) is 24.2 Å². The molecule has 2 fully saturated rings. The van der Waals surface area contributed by atoms with Crippen LogP contribution in [-0.2, 0) is 4.74 Å². The summed E-state index contributed by atoms with van der Waals surface area (Å²) in [6, 6.07) is 0.579. The summed E-state index contributed by atoms with van der Waals surface area (Å²) in [5.74, 6) is 0. The van der Waals surface area contributed by atoms with Gasteiger partial charge in [0.1, 0.15) is 0 Å². The van der Waals surface area contributed by atoms with Crippen molar-refractivity contribution in [2.45, 2.75) is 58.6 Å². The summed E-state index contributed by atoms with van der Waals surface area (Å²) in [6.45, 7) is 8.87. The fourth-order valence-electron chi connectivity index (χ4n) is 2.98. The van der Waals surface area contributed by atoms with Crippen LogP contribution in [0.2, 0.25) is 0 Å². The van der Waals surface area contributed by atoms with E-state index in [1.54, 1.807) is 0 Å². The molecule has 2 saturated carbocycles. The van der Waals surface area contributed by atoms with Crippen molar-refractivity contribution in [2.24, 2.45) is 10.8 Å². The van der Waals surface area contributed by atoms with Crippen molar-refractivity contribution in [1.29, 1.82) is 0 Å². The largest absolute Gasteiger partial charge is 0.396 e. The molecule has 2 unspecified atom stereocenters. The highest BCUT2D eigenvalue weighted by Crippen LogP contribution is 2.49. The van der Waals surface area contributed by atoms with Crippen LogP contribution >= 0.6 is 0 Å². The van der Waals surface area contributed by atoms with Crippen LogP contribution in [0.4, 0.5) is 0 Å². The van der Waals surface area contributed by atoms with E-state index in [1.807, 2.05) is 0 Å². The Morgan fingerprint density at radius 2 is 2.06 bits per heavy atom. The average molecular weight is 241 g/mol. The van der Waals surface area contributed by atoms with E-state index in [4.69, 9.17) is 9.84 Å². The lowest BCUT2D eigenvalue weighted by atomic mass is 9.64. The molecular weight excluding hydrogens is 214 g/mol. The lowest BCUT2D eigenvalue weighted by Gasteiger charge is -2.52. The van der Waals surface area contributed by atoms with Crippen LogP contribution in [0.5, 0.6) is 0 Å². The fourth-order valence-corrected chi connectivity index (χ4v) is 2.98. The zero-order valence-electron chi connectivity index (χ0n) is 11.5. The van der Waals surface area contributed by atoms with Crippen LogP contribution in [0.1, 0.15) is 46.5 Å². The van der Waals surface area contributed by atoms with Gasteiger partial charge < -0.3 is 15.2 Å². The predicted molar refractivity (Wildman–Crippen MR) is 69.0 cm³/mol. The summed E-state index contributed by atoms with van der Waals surface area (Å²) in [5.41, 5.74) is 0.673. The van der Waals surface area contributed by atoms with Crippen molar-refractivity contribution >= 4 is 0 Å². The molecule has 17 heavy (non-hydrogen) atoms. The molecule has 0 spiro atoms. The molecule has 3 nitrogen and oxygen atoms in total. The molecule has 2 N–H and O–H groups in total. The maximum atomic E-state index is 9.05. The van der Waals surface area contributed by atoms with Gasteiger partial charge in [0, 0.05) is 31.2 Å². The quantitative estimate of drug-likeness (QED) is 0.716. The first-order valence-corrected chi connectivity index (χ1v) is 7.00. The number of nitrogens with one attached hydrogen (secondary N) is 1. The average Bonchev–Trinajstić information content (AvgIpc) is 3.03. The van der Waals surface area contributed by atoms with E-state index >= 15 is 0 Å². The van der Waals surface area contributed by atoms with Crippen molar-refractivity contribution in [3.63, 3.8) is 0 Å². The van der Waals surface area contributed by atoms with Crippen LogP contribution in [0, 0.1) is 10.8 Å². The maximum absolute atomic E-state index is 9.05. The summed E-state index contributed by atoms with van der Waals surface area (Å²) in [4.78, 5) is 0. The van der Waals surface area contributed by atoms with Gasteiger partial charge in [-0.05, 0) is 38.0 Å². The van der Waals surface area contributed by atoms with Crippen LogP contribution in [0.25, 0.3) is 0 Å². The summed E-state index contributed by atoms with van der Waals surface area (Å²) < 4.78 is 5.74. The second kappa shape index (κ2) is 4.87. The topological polar surface area (TPSA) is 41.5 Å². The van der Waals surface area contributed by atoms with Gasteiger partial charge in [-0.2, -0.15) is 0 Å². The Morgan fingerprint density at radius 3 is 2.53 bits per heavy atom. The molecule has 0 aliphatic heterocycles. The van der Waals surface area contributed by atoms with Crippen molar-refractivity contribution in [3.05, 3.63) is 0 Å². The molecule has 0 aromatic carbocycles. The summed E-state index contributed by atoms with van der Waals surface area (Å²) in [7, 11) is 0. The number of aliphatic hydroxyl groups excluding tert-OH is 1. The van der Waals surface area contributed by atoms with Crippen LogP contribution < -0.4 is 5.32 Å². The van der Waals surface area contributed by atoms with Gasteiger partial charge in [-0.25, -0.2) is 0 Å². The highest BCUT2D eigenvalue weighted by atomic mass is 16.5. The molecule has 2 aliphatic rings. The molecular formula is C14H27NO2. The Labute approximate surface area is 105 Å². The number of rotatable bonds is 7. The van der Waals surface area contributed by atoms with E-state index < -0.39 is 0 Å². The summed E-state index contributed by atoms with van der Waals surface area (Å²) in [5, 5.41) is 12.7. The lowest BCUT2D eigenvalue weighted by molar-refractivity contribution is -0.115.